The Kier molecular flexibility index (Phi) is 5.04. The van der Waals surface area contributed by atoms with Gasteiger partial charge in [0.05, 0.1) is 28.6 Å². The highest BCUT2D eigenvalue weighted by molar-refractivity contribution is 5.98. The van der Waals surface area contributed by atoms with E-state index in [-0.39, 0.29) is 0 Å². The summed E-state index contributed by atoms with van der Waals surface area (Å²) in [4.78, 5) is 13.5. The summed E-state index contributed by atoms with van der Waals surface area (Å²) in [5, 5.41) is 13.2. The van der Waals surface area contributed by atoms with E-state index in [1.54, 1.807) is 31.6 Å². The molecule has 0 amide bonds. The molecule has 0 radical (unpaired) electrons. The number of fused-ring (bicyclic) bond motifs is 1. The quantitative estimate of drug-likeness (QED) is 0.719. The summed E-state index contributed by atoms with van der Waals surface area (Å²) in [6.45, 7) is 0. The Morgan fingerprint density at radius 2 is 1.86 bits per heavy atom. The number of nitrogen functional groups attached to an aromatic ring is 1. The first-order valence-electron chi connectivity index (χ1n) is 9.39. The number of nitrogens with zero attached hydrogens (tertiary/aromatic N) is 4. The molecular formula is C21H22N6O. The number of nitriles is 1. The van der Waals surface area contributed by atoms with Crippen molar-refractivity contribution < 1.29 is 4.74 Å². The molecule has 1 aromatic carbocycles. The van der Waals surface area contributed by atoms with Crippen LogP contribution in [0.5, 0.6) is 0 Å². The predicted molar refractivity (Wildman–Crippen MR) is 109 cm³/mol. The Bertz CT molecular complexity index is 1020. The molecule has 0 unspecified atom stereocenters. The topological polar surface area (TPSA) is 110 Å². The maximum absolute atomic E-state index is 9.02. The van der Waals surface area contributed by atoms with E-state index in [0.717, 1.165) is 47.7 Å². The van der Waals surface area contributed by atoms with Gasteiger partial charge in [-0.1, -0.05) is 12.1 Å². The third-order valence-corrected chi connectivity index (χ3v) is 5.32. The minimum Gasteiger partial charge on any atom is -0.383 e. The van der Waals surface area contributed by atoms with E-state index in [1.807, 2.05) is 12.1 Å². The van der Waals surface area contributed by atoms with Crippen molar-refractivity contribution in [2.45, 2.75) is 37.8 Å². The van der Waals surface area contributed by atoms with Crippen LogP contribution >= 0.6 is 0 Å². The molecule has 3 N–H and O–H groups in total. The van der Waals surface area contributed by atoms with Gasteiger partial charge in [-0.15, -0.1) is 0 Å². The number of hydrogen-bond acceptors (Lipinski definition) is 7. The van der Waals surface area contributed by atoms with E-state index in [1.165, 1.54) is 0 Å². The van der Waals surface area contributed by atoms with Crippen molar-refractivity contribution in [2.75, 3.05) is 18.2 Å². The average molecular weight is 374 g/mol. The molecule has 1 saturated carbocycles. The lowest BCUT2D eigenvalue weighted by Gasteiger charge is -2.28. The molecule has 0 aliphatic heterocycles. The van der Waals surface area contributed by atoms with Gasteiger partial charge in [-0.05, 0) is 43.4 Å². The molecule has 7 nitrogen and oxygen atoms in total. The summed E-state index contributed by atoms with van der Waals surface area (Å²) in [6, 6.07) is 9.83. The fourth-order valence-electron chi connectivity index (χ4n) is 3.67. The maximum Gasteiger partial charge on any atom is 0.223 e. The fourth-order valence-corrected chi connectivity index (χ4v) is 3.67. The normalized spacial score (nSPS) is 19.3. The fraction of sp³-hybridized carbons (Fsp3) is 0.333. The van der Waals surface area contributed by atoms with Crippen LogP contribution in [0.25, 0.3) is 22.0 Å². The molecule has 0 atom stereocenters. The second-order valence-corrected chi connectivity index (χ2v) is 7.06. The number of aromatic nitrogens is 3. The second kappa shape index (κ2) is 7.79. The molecule has 28 heavy (non-hydrogen) atoms. The minimum absolute atomic E-state index is 0.335. The highest BCUT2D eigenvalue weighted by Crippen LogP contribution is 2.30. The molecule has 2 heterocycles. The van der Waals surface area contributed by atoms with Gasteiger partial charge in [0.25, 0.3) is 0 Å². The molecule has 0 bridgehead atoms. The van der Waals surface area contributed by atoms with Gasteiger partial charge in [0, 0.05) is 31.1 Å². The summed E-state index contributed by atoms with van der Waals surface area (Å²) in [5.41, 5.74) is 9.20. The zero-order chi connectivity index (χ0) is 19.5. The first-order valence-corrected chi connectivity index (χ1v) is 9.39. The monoisotopic (exact) mass is 374 g/mol. The van der Waals surface area contributed by atoms with Gasteiger partial charge >= 0.3 is 0 Å². The molecule has 1 aliphatic rings. The largest absolute Gasteiger partial charge is 0.383 e. The lowest BCUT2D eigenvalue weighted by Crippen LogP contribution is -2.29. The predicted octanol–water partition coefficient (Wildman–Crippen LogP) is 3.52. The summed E-state index contributed by atoms with van der Waals surface area (Å²) in [7, 11) is 1.77. The average Bonchev–Trinajstić information content (AvgIpc) is 2.75. The van der Waals surface area contributed by atoms with Crippen molar-refractivity contribution in [1.29, 1.82) is 5.26 Å². The van der Waals surface area contributed by atoms with Crippen LogP contribution in [-0.2, 0) is 4.74 Å². The van der Waals surface area contributed by atoms with Crippen molar-refractivity contribution in [1.82, 2.24) is 15.0 Å². The Labute approximate surface area is 163 Å². The molecule has 4 rings (SSSR count). The van der Waals surface area contributed by atoms with E-state index in [4.69, 9.17) is 20.7 Å². The number of methoxy groups -OCH3 is 1. The summed E-state index contributed by atoms with van der Waals surface area (Å²) >= 11 is 0. The van der Waals surface area contributed by atoms with E-state index >= 15 is 0 Å². The molecule has 0 saturated heterocycles. The van der Waals surface area contributed by atoms with Crippen LogP contribution in [0.1, 0.15) is 31.2 Å². The molecule has 1 aliphatic carbocycles. The Hall–Kier alpha value is -3.24. The molecule has 1 fully saturated rings. The van der Waals surface area contributed by atoms with E-state index in [2.05, 4.69) is 21.4 Å². The number of anilines is 2. The Balaban J connectivity index is 1.66. The van der Waals surface area contributed by atoms with Gasteiger partial charge in [-0.2, -0.15) is 5.26 Å². The van der Waals surface area contributed by atoms with Crippen LogP contribution in [0, 0.1) is 11.3 Å². The van der Waals surface area contributed by atoms with Crippen molar-refractivity contribution in [3.8, 4) is 17.2 Å². The van der Waals surface area contributed by atoms with Crippen LogP contribution in [0.4, 0.5) is 11.8 Å². The number of nitrogens with two attached hydrogens (primary N) is 1. The van der Waals surface area contributed by atoms with Crippen LogP contribution in [-0.4, -0.2) is 34.2 Å². The third-order valence-electron chi connectivity index (χ3n) is 5.32. The van der Waals surface area contributed by atoms with E-state index in [9.17, 15) is 0 Å². The van der Waals surface area contributed by atoms with Crippen LogP contribution in [0.2, 0.25) is 0 Å². The van der Waals surface area contributed by atoms with Gasteiger partial charge in [-0.25, -0.2) is 15.0 Å². The van der Waals surface area contributed by atoms with Crippen molar-refractivity contribution >= 4 is 22.7 Å². The smallest absolute Gasteiger partial charge is 0.223 e. The van der Waals surface area contributed by atoms with Crippen molar-refractivity contribution in [3.63, 3.8) is 0 Å². The molecule has 3 aromatic rings. The van der Waals surface area contributed by atoms with Gasteiger partial charge < -0.3 is 15.8 Å². The number of benzene rings is 1. The molecule has 2 aromatic heterocycles. The number of pyridine rings is 1. The highest BCUT2D eigenvalue weighted by Gasteiger charge is 2.21. The summed E-state index contributed by atoms with van der Waals surface area (Å²) < 4.78 is 5.44. The van der Waals surface area contributed by atoms with Gasteiger partial charge in [-0.3, -0.25) is 0 Å². The molecule has 0 spiro atoms. The zero-order valence-corrected chi connectivity index (χ0v) is 15.7. The van der Waals surface area contributed by atoms with Crippen molar-refractivity contribution in [3.05, 3.63) is 42.2 Å². The summed E-state index contributed by atoms with van der Waals surface area (Å²) in [5.74, 6) is 0.994. The number of ether oxygens (including phenoxy) is 1. The number of rotatable bonds is 4. The standard InChI is InChI=1S/C21H22N6O/c1-28-16-8-6-15(7-9-16)26-21-25-12-18-19(27-21)17(11-24-20(18)23)14-4-2-13(10-22)3-5-14/h2-5,11-12,15-16H,6-9H2,1H3,(H2,23,24)(H,25,26,27)/t15-,16-. The molecule has 142 valence electrons. The van der Waals surface area contributed by atoms with Crippen LogP contribution in [0.3, 0.4) is 0 Å². The van der Waals surface area contributed by atoms with Gasteiger partial charge in [0.1, 0.15) is 5.82 Å². The number of hydrogen-bond donors (Lipinski definition) is 2. The van der Waals surface area contributed by atoms with E-state index in [0.29, 0.717) is 29.5 Å². The lowest BCUT2D eigenvalue weighted by molar-refractivity contribution is 0.0681. The third kappa shape index (κ3) is 3.59. The van der Waals surface area contributed by atoms with Crippen molar-refractivity contribution in [2.24, 2.45) is 0 Å². The van der Waals surface area contributed by atoms with E-state index < -0.39 is 0 Å². The Morgan fingerprint density at radius 1 is 1.11 bits per heavy atom. The van der Waals surface area contributed by atoms with Crippen LogP contribution < -0.4 is 11.1 Å². The van der Waals surface area contributed by atoms with Gasteiger partial charge in [0.15, 0.2) is 0 Å². The zero-order valence-electron chi connectivity index (χ0n) is 15.7. The first-order chi connectivity index (χ1) is 13.7. The molecular weight excluding hydrogens is 352 g/mol. The summed E-state index contributed by atoms with van der Waals surface area (Å²) in [6.07, 6.45) is 7.93. The van der Waals surface area contributed by atoms with Gasteiger partial charge in [0.2, 0.25) is 5.95 Å². The van der Waals surface area contributed by atoms with Crippen LogP contribution in [0.15, 0.2) is 36.7 Å². The first kappa shape index (κ1) is 18.1. The SMILES string of the molecule is CO[C@H]1CC[C@H](Nc2ncc3c(N)ncc(-c4ccc(C#N)cc4)c3n2)CC1. The second-order valence-electron chi connectivity index (χ2n) is 7.06. The minimum atomic E-state index is 0.335. The maximum atomic E-state index is 9.02. The Morgan fingerprint density at radius 3 is 2.54 bits per heavy atom. The molecule has 7 heteroatoms. The highest BCUT2D eigenvalue weighted by atomic mass is 16.5. The number of nitrogens with one attached hydrogen (secondary N) is 1. The lowest BCUT2D eigenvalue weighted by atomic mass is 9.93.